The first-order valence-corrected chi connectivity index (χ1v) is 7.23. The molecular weight excluding hydrogens is 379 g/mol. The zero-order valence-corrected chi connectivity index (χ0v) is 12.7. The third kappa shape index (κ3) is 2.63. The van der Waals surface area contributed by atoms with Crippen LogP contribution in [0.25, 0.3) is 0 Å². The van der Waals surface area contributed by atoms with Crippen molar-refractivity contribution in [3.8, 4) is 0 Å². The van der Waals surface area contributed by atoms with Crippen LogP contribution < -0.4 is 0 Å². The van der Waals surface area contributed by atoms with E-state index < -0.39 is 5.79 Å². The molecule has 1 fully saturated rings. The van der Waals surface area contributed by atoms with E-state index in [4.69, 9.17) is 21.1 Å². The Morgan fingerprint density at radius 2 is 2.05 bits per heavy atom. The van der Waals surface area contributed by atoms with Gasteiger partial charge in [0.05, 0.1) is 11.6 Å². The fourth-order valence-corrected chi connectivity index (χ4v) is 2.64. The molecule has 2 atom stereocenters. The summed E-state index contributed by atoms with van der Waals surface area (Å²) in [5.41, 5.74) is 1.05. The van der Waals surface area contributed by atoms with Crippen LogP contribution in [0.4, 0.5) is 0 Å². The number of ketones is 1. The third-order valence-corrected chi connectivity index (χ3v) is 4.07. The number of ether oxygens (including phenoxy) is 2. The van der Waals surface area contributed by atoms with Gasteiger partial charge < -0.3 is 9.47 Å². The van der Waals surface area contributed by atoms with Crippen LogP contribution in [-0.4, -0.2) is 18.2 Å². The number of benzene rings is 1. The molecule has 2 aliphatic rings. The van der Waals surface area contributed by atoms with Crippen molar-refractivity contribution in [3.05, 3.63) is 56.7 Å². The van der Waals surface area contributed by atoms with Gasteiger partial charge in [0.25, 0.3) is 0 Å². The van der Waals surface area contributed by atoms with Gasteiger partial charge in [0.2, 0.25) is 5.79 Å². The number of allylic oxidation sites excluding steroid dienone is 2. The molecule has 19 heavy (non-hydrogen) atoms. The minimum Gasteiger partial charge on any atom is -0.340 e. The molecule has 0 aromatic heterocycles. The number of carbonyl (C=O) groups excluding carboxylic acids is 1. The van der Waals surface area contributed by atoms with Gasteiger partial charge in [-0.05, 0) is 52.4 Å². The SMILES string of the molecule is O=C1C=C[C@]2(C=C1Cl)OC[C@H](c1ccc(I)cc1)O2. The summed E-state index contributed by atoms with van der Waals surface area (Å²) in [6.45, 7) is 0.430. The Bertz CT molecular complexity index is 579. The van der Waals surface area contributed by atoms with Crippen molar-refractivity contribution < 1.29 is 14.3 Å². The average molecular weight is 389 g/mol. The molecule has 0 unspecified atom stereocenters. The zero-order chi connectivity index (χ0) is 13.5. The van der Waals surface area contributed by atoms with Crippen molar-refractivity contribution in [2.45, 2.75) is 11.9 Å². The summed E-state index contributed by atoms with van der Waals surface area (Å²) in [5.74, 6) is -1.23. The highest BCUT2D eigenvalue weighted by molar-refractivity contribution is 14.1. The smallest absolute Gasteiger partial charge is 0.211 e. The Morgan fingerprint density at radius 3 is 2.74 bits per heavy atom. The van der Waals surface area contributed by atoms with Crippen LogP contribution in [0.3, 0.4) is 0 Å². The first-order chi connectivity index (χ1) is 9.08. The van der Waals surface area contributed by atoms with E-state index in [2.05, 4.69) is 22.6 Å². The van der Waals surface area contributed by atoms with Crippen LogP contribution in [0.5, 0.6) is 0 Å². The quantitative estimate of drug-likeness (QED) is 0.692. The Labute approximate surface area is 129 Å². The normalized spacial score (nSPS) is 29.9. The Balaban J connectivity index is 1.83. The van der Waals surface area contributed by atoms with Gasteiger partial charge in [-0.15, -0.1) is 0 Å². The van der Waals surface area contributed by atoms with Crippen molar-refractivity contribution in [1.29, 1.82) is 0 Å². The Hall–Kier alpha value is -0.690. The number of carbonyl (C=O) groups is 1. The van der Waals surface area contributed by atoms with E-state index in [1.54, 1.807) is 6.08 Å². The van der Waals surface area contributed by atoms with Gasteiger partial charge in [0.15, 0.2) is 5.78 Å². The summed E-state index contributed by atoms with van der Waals surface area (Å²) >= 11 is 8.10. The molecule has 98 valence electrons. The lowest BCUT2D eigenvalue weighted by Crippen LogP contribution is -2.28. The number of rotatable bonds is 1. The molecule has 3 nitrogen and oxygen atoms in total. The van der Waals surface area contributed by atoms with Crippen LogP contribution in [0.2, 0.25) is 0 Å². The Kier molecular flexibility index (Phi) is 3.51. The first-order valence-electron chi connectivity index (χ1n) is 5.77. The summed E-state index contributed by atoms with van der Waals surface area (Å²) in [4.78, 5) is 11.3. The maximum Gasteiger partial charge on any atom is 0.211 e. The van der Waals surface area contributed by atoms with Crippen LogP contribution in [0.1, 0.15) is 11.7 Å². The average Bonchev–Trinajstić information content (AvgIpc) is 2.80. The minimum atomic E-state index is -1.00. The lowest BCUT2D eigenvalue weighted by atomic mass is 10.1. The molecule has 0 N–H and O–H groups in total. The molecule has 1 spiro atoms. The largest absolute Gasteiger partial charge is 0.340 e. The second-order valence-electron chi connectivity index (χ2n) is 4.38. The van der Waals surface area contributed by atoms with Gasteiger partial charge in [-0.3, -0.25) is 4.79 Å². The Morgan fingerprint density at radius 1 is 1.32 bits per heavy atom. The number of halogens is 2. The highest BCUT2D eigenvalue weighted by Crippen LogP contribution is 2.38. The van der Waals surface area contributed by atoms with E-state index >= 15 is 0 Å². The van der Waals surface area contributed by atoms with E-state index in [0.717, 1.165) is 5.56 Å². The van der Waals surface area contributed by atoms with E-state index in [1.165, 1.54) is 15.7 Å². The fourth-order valence-electron chi connectivity index (χ4n) is 2.07. The fraction of sp³-hybridized carbons (Fsp3) is 0.214. The van der Waals surface area contributed by atoms with Gasteiger partial charge in [0.1, 0.15) is 6.10 Å². The van der Waals surface area contributed by atoms with Gasteiger partial charge in [-0.2, -0.15) is 0 Å². The summed E-state index contributed by atoms with van der Waals surface area (Å²) < 4.78 is 12.8. The molecule has 1 heterocycles. The van der Waals surface area contributed by atoms with Gasteiger partial charge >= 0.3 is 0 Å². The zero-order valence-electron chi connectivity index (χ0n) is 9.81. The highest BCUT2D eigenvalue weighted by atomic mass is 127. The third-order valence-electron chi connectivity index (χ3n) is 3.06. The number of hydrogen-bond donors (Lipinski definition) is 0. The molecule has 1 aliphatic heterocycles. The predicted octanol–water partition coefficient (Wildman–Crippen LogP) is 3.34. The van der Waals surface area contributed by atoms with E-state index in [0.29, 0.717) is 6.61 Å². The molecular formula is C14H10ClIO3. The van der Waals surface area contributed by atoms with E-state index in [-0.39, 0.29) is 16.9 Å². The van der Waals surface area contributed by atoms with Crippen molar-refractivity contribution in [1.82, 2.24) is 0 Å². The van der Waals surface area contributed by atoms with E-state index in [1.807, 2.05) is 24.3 Å². The maximum absolute atomic E-state index is 11.3. The second kappa shape index (κ2) is 5.01. The predicted molar refractivity (Wildman–Crippen MR) is 79.8 cm³/mol. The molecule has 1 saturated heterocycles. The summed E-state index contributed by atoms with van der Waals surface area (Å²) in [5, 5.41) is 0.130. The van der Waals surface area contributed by atoms with Crippen molar-refractivity contribution in [2.75, 3.05) is 6.61 Å². The van der Waals surface area contributed by atoms with Crippen molar-refractivity contribution in [3.63, 3.8) is 0 Å². The molecule has 1 aliphatic carbocycles. The number of hydrogen-bond acceptors (Lipinski definition) is 3. The topological polar surface area (TPSA) is 35.5 Å². The van der Waals surface area contributed by atoms with Crippen molar-refractivity contribution >= 4 is 40.0 Å². The summed E-state index contributed by atoms with van der Waals surface area (Å²) in [6.07, 6.45) is 4.35. The molecule has 0 saturated carbocycles. The molecule has 1 aromatic carbocycles. The van der Waals surface area contributed by atoms with Gasteiger partial charge in [-0.1, -0.05) is 23.7 Å². The second-order valence-corrected chi connectivity index (χ2v) is 6.03. The van der Waals surface area contributed by atoms with E-state index in [9.17, 15) is 4.79 Å². The maximum atomic E-state index is 11.3. The molecule has 1 aromatic rings. The monoisotopic (exact) mass is 388 g/mol. The van der Waals surface area contributed by atoms with Gasteiger partial charge in [-0.25, -0.2) is 0 Å². The molecule has 0 radical (unpaired) electrons. The molecule has 3 rings (SSSR count). The summed E-state index contributed by atoms with van der Waals surface area (Å²) in [7, 11) is 0. The van der Waals surface area contributed by atoms with Crippen LogP contribution in [-0.2, 0) is 14.3 Å². The molecule has 5 heteroatoms. The van der Waals surface area contributed by atoms with Crippen LogP contribution in [0, 0.1) is 3.57 Å². The lowest BCUT2D eigenvalue weighted by Gasteiger charge is -2.23. The van der Waals surface area contributed by atoms with Crippen molar-refractivity contribution in [2.24, 2.45) is 0 Å². The van der Waals surface area contributed by atoms with Crippen LogP contribution >= 0.6 is 34.2 Å². The standard InChI is InChI=1S/C14H10ClIO3/c15-11-7-14(6-5-12(11)17)18-8-13(19-14)9-1-3-10(16)4-2-9/h1-7,13H,8H2/t13-,14+/m1/s1. The lowest BCUT2D eigenvalue weighted by molar-refractivity contribution is -0.114. The van der Waals surface area contributed by atoms with Crippen LogP contribution in [0.15, 0.2) is 47.5 Å². The highest BCUT2D eigenvalue weighted by Gasteiger charge is 2.40. The molecule has 0 amide bonds. The summed E-state index contributed by atoms with van der Waals surface area (Å²) in [6, 6.07) is 8.07. The van der Waals surface area contributed by atoms with Gasteiger partial charge in [0, 0.05) is 9.65 Å². The molecule has 0 bridgehead atoms. The first kappa shape index (κ1) is 13.3. The minimum absolute atomic E-state index is 0.130.